The van der Waals surface area contributed by atoms with E-state index in [9.17, 15) is 19.5 Å². The number of ether oxygens (including phenoxy) is 3. The summed E-state index contributed by atoms with van der Waals surface area (Å²) in [6.45, 7) is 2.25. The van der Waals surface area contributed by atoms with Gasteiger partial charge in [0.05, 0.1) is 27.4 Å². The molecule has 5 aromatic carbocycles. The van der Waals surface area contributed by atoms with Gasteiger partial charge in [0.1, 0.15) is 35.9 Å². The molecule has 2 amide bonds. The van der Waals surface area contributed by atoms with Crippen molar-refractivity contribution in [3.05, 3.63) is 157 Å². The summed E-state index contributed by atoms with van der Waals surface area (Å²) in [6, 6.07) is 30.8. The van der Waals surface area contributed by atoms with Gasteiger partial charge in [-0.1, -0.05) is 89.1 Å². The molecule has 0 saturated carbocycles. The number of nitrogens with one attached hydrogen (secondary N) is 1. The molecule has 61 heavy (non-hydrogen) atoms. The van der Waals surface area contributed by atoms with Gasteiger partial charge in [0.15, 0.2) is 22.7 Å². The van der Waals surface area contributed by atoms with E-state index in [0.29, 0.717) is 50.7 Å². The van der Waals surface area contributed by atoms with Crippen LogP contribution in [0.3, 0.4) is 0 Å². The molecular formula is C46H37Cl2N5O7S. The molecule has 1 aromatic heterocycles. The minimum Gasteiger partial charge on any atom is -0.489 e. The maximum absolute atomic E-state index is 14.2. The fourth-order valence-corrected chi connectivity index (χ4v) is 8.47. The van der Waals surface area contributed by atoms with E-state index in [1.54, 1.807) is 43.3 Å². The smallest absolute Gasteiger partial charge is 0.326 e. The van der Waals surface area contributed by atoms with Gasteiger partial charge in [0, 0.05) is 19.4 Å². The molecule has 12 nitrogen and oxygen atoms in total. The van der Waals surface area contributed by atoms with E-state index >= 15 is 0 Å². The van der Waals surface area contributed by atoms with Crippen molar-refractivity contribution >= 4 is 57.5 Å². The van der Waals surface area contributed by atoms with Crippen LogP contribution in [0.1, 0.15) is 54.9 Å². The number of benzene rings is 5. The lowest BCUT2D eigenvalue weighted by molar-refractivity contribution is -0.142. The van der Waals surface area contributed by atoms with Gasteiger partial charge in [0.25, 0.3) is 5.91 Å². The Bertz CT molecular complexity index is 2680. The minimum absolute atomic E-state index is 0.00476. The van der Waals surface area contributed by atoms with Gasteiger partial charge in [-0.05, 0) is 94.4 Å². The van der Waals surface area contributed by atoms with Crippen LogP contribution in [0.4, 0.5) is 5.13 Å². The molecular weight excluding hydrogens is 838 g/mol. The number of rotatable bonds is 11. The molecule has 0 fully saturated rings. The fraction of sp³-hybridized carbons (Fsp3) is 0.196. The highest BCUT2D eigenvalue weighted by Crippen LogP contribution is 2.41. The number of nitrogens with zero attached hydrogens (tertiary/aromatic N) is 3. The van der Waals surface area contributed by atoms with Crippen molar-refractivity contribution in [1.29, 1.82) is 5.26 Å². The molecule has 6 aromatic rings. The lowest BCUT2D eigenvalue weighted by Gasteiger charge is -2.37. The summed E-state index contributed by atoms with van der Waals surface area (Å²) in [5.41, 5.74) is 12.7. The Morgan fingerprint density at radius 1 is 0.951 bits per heavy atom. The van der Waals surface area contributed by atoms with Gasteiger partial charge in [0.2, 0.25) is 5.91 Å². The predicted molar refractivity (Wildman–Crippen MR) is 231 cm³/mol. The number of aliphatic carboxylic acids is 1. The van der Waals surface area contributed by atoms with Gasteiger partial charge in [-0.25, -0.2) is 9.78 Å². The second kappa shape index (κ2) is 17.6. The van der Waals surface area contributed by atoms with Crippen molar-refractivity contribution in [2.75, 3.05) is 12.3 Å². The molecule has 1 unspecified atom stereocenters. The Labute approximate surface area is 365 Å². The molecule has 4 N–H and O–H groups in total. The highest BCUT2D eigenvalue weighted by Gasteiger charge is 2.39. The quantitative estimate of drug-likeness (QED) is 0.115. The largest absolute Gasteiger partial charge is 0.489 e. The van der Waals surface area contributed by atoms with E-state index in [-0.39, 0.29) is 36.0 Å². The molecule has 15 heteroatoms. The molecule has 0 radical (unpaired) electrons. The number of fused-ring (bicyclic) bond motifs is 2. The number of anilines is 1. The van der Waals surface area contributed by atoms with Crippen LogP contribution in [-0.4, -0.2) is 51.5 Å². The lowest BCUT2D eigenvalue weighted by Crippen LogP contribution is -2.55. The Morgan fingerprint density at radius 3 is 2.30 bits per heavy atom. The summed E-state index contributed by atoms with van der Waals surface area (Å²) in [7, 11) is 0. The third-order valence-corrected chi connectivity index (χ3v) is 12.3. The SMILES string of the molecule is Cc1nc(N)sc1C(=O)N1Cc2cc3c(cc2C[C@H]1C(=O)NC(Cc1ccc(-c2ccc(C#N)cc2)cc1)C(=O)O)OC[C@H](c1ccc(OCc2ccc(Cl)c(Cl)c2)cc1)O3. The van der Waals surface area contributed by atoms with E-state index in [0.717, 1.165) is 44.7 Å². The standard InChI is InChI=1S/C46H37Cl2N5O7S/c1-25-42(61-46(50)51-25)44(55)53-22-33-20-40-39(59-24-41(60-40)31-11-13-34(14-12-31)58-23-28-6-15-35(47)36(48)16-28)19-32(33)18-38(53)43(54)52-37(45(56)57)17-26-2-7-29(8-3-26)30-9-4-27(21-49)5-10-30/h2-16,19-20,37-38,41H,17-18,22-24H2,1H3,(H2,50,51)(H,52,54)(H,56,57)/t37?,38-,41+/m0/s1. The Kier molecular flexibility index (Phi) is 11.8. The van der Waals surface area contributed by atoms with Crippen LogP contribution < -0.4 is 25.3 Å². The predicted octanol–water partition coefficient (Wildman–Crippen LogP) is 8.35. The second-order valence-electron chi connectivity index (χ2n) is 14.7. The third kappa shape index (κ3) is 9.12. The van der Waals surface area contributed by atoms with Crippen molar-refractivity contribution < 1.29 is 33.7 Å². The zero-order valence-electron chi connectivity index (χ0n) is 32.6. The van der Waals surface area contributed by atoms with Crippen LogP contribution in [0, 0.1) is 18.3 Å². The number of nitriles is 1. The van der Waals surface area contributed by atoms with Gasteiger partial charge < -0.3 is 35.3 Å². The molecule has 3 atom stereocenters. The first-order valence-corrected chi connectivity index (χ1v) is 20.8. The van der Waals surface area contributed by atoms with Crippen LogP contribution >= 0.6 is 34.5 Å². The van der Waals surface area contributed by atoms with Crippen LogP contribution in [0.25, 0.3) is 11.1 Å². The zero-order chi connectivity index (χ0) is 42.8. The molecule has 3 heterocycles. The van der Waals surface area contributed by atoms with Crippen molar-refractivity contribution in [3.8, 4) is 34.4 Å². The Morgan fingerprint density at radius 2 is 1.64 bits per heavy atom. The highest BCUT2D eigenvalue weighted by atomic mass is 35.5. The van der Waals surface area contributed by atoms with Crippen molar-refractivity contribution in [2.24, 2.45) is 0 Å². The summed E-state index contributed by atoms with van der Waals surface area (Å²) in [6.07, 6.45) is -0.335. The van der Waals surface area contributed by atoms with E-state index in [2.05, 4.69) is 16.4 Å². The Balaban J connectivity index is 0.986. The number of nitrogen functional groups attached to an aromatic ring is 1. The van der Waals surface area contributed by atoms with Gasteiger partial charge in [-0.15, -0.1) is 0 Å². The van der Waals surface area contributed by atoms with Crippen molar-refractivity contribution in [1.82, 2.24) is 15.2 Å². The number of aryl methyl sites for hydroxylation is 1. The summed E-state index contributed by atoms with van der Waals surface area (Å²) in [5, 5.41) is 23.2. The number of nitrogens with two attached hydrogens (primary N) is 1. The number of carboxylic acid groups (broad SMARTS) is 1. The molecule has 8 rings (SSSR count). The fourth-order valence-electron chi connectivity index (χ4n) is 7.36. The van der Waals surface area contributed by atoms with Crippen LogP contribution in [0.5, 0.6) is 17.2 Å². The topological polar surface area (TPSA) is 177 Å². The maximum Gasteiger partial charge on any atom is 0.326 e. The second-order valence-corrected chi connectivity index (χ2v) is 16.5. The number of halogens is 2. The summed E-state index contributed by atoms with van der Waals surface area (Å²) in [5.74, 6) is -0.641. The highest BCUT2D eigenvalue weighted by molar-refractivity contribution is 7.17. The van der Waals surface area contributed by atoms with Crippen LogP contribution in [-0.2, 0) is 35.6 Å². The number of thiazole rings is 1. The molecule has 2 aliphatic heterocycles. The Hall–Kier alpha value is -6.59. The van der Waals surface area contributed by atoms with Crippen molar-refractivity contribution in [2.45, 2.75) is 51.1 Å². The first-order valence-electron chi connectivity index (χ1n) is 19.2. The summed E-state index contributed by atoms with van der Waals surface area (Å²) >= 11 is 13.2. The molecule has 0 bridgehead atoms. The number of amides is 2. The normalized spacial score (nSPS) is 15.9. The minimum atomic E-state index is -1.28. The molecule has 0 spiro atoms. The van der Waals surface area contributed by atoms with E-state index in [1.807, 2.05) is 66.7 Å². The number of hydrogen-bond donors (Lipinski definition) is 3. The summed E-state index contributed by atoms with van der Waals surface area (Å²) < 4.78 is 18.6. The van der Waals surface area contributed by atoms with E-state index < -0.39 is 36.0 Å². The first kappa shape index (κ1) is 41.2. The molecule has 308 valence electrons. The third-order valence-electron chi connectivity index (χ3n) is 10.6. The monoisotopic (exact) mass is 873 g/mol. The average molecular weight is 875 g/mol. The van der Waals surface area contributed by atoms with Crippen LogP contribution in [0.15, 0.2) is 103 Å². The van der Waals surface area contributed by atoms with Gasteiger partial charge >= 0.3 is 5.97 Å². The molecule has 2 aliphatic rings. The number of carbonyl (C=O) groups excluding carboxylic acids is 2. The molecule has 0 aliphatic carbocycles. The van der Waals surface area contributed by atoms with Gasteiger partial charge in [-0.3, -0.25) is 9.59 Å². The number of hydrogen-bond acceptors (Lipinski definition) is 10. The van der Waals surface area contributed by atoms with Crippen LogP contribution in [0.2, 0.25) is 10.0 Å². The molecule has 0 saturated heterocycles. The first-order chi connectivity index (χ1) is 29.4. The summed E-state index contributed by atoms with van der Waals surface area (Å²) in [4.78, 5) is 46.9. The number of carboxylic acids is 1. The van der Waals surface area contributed by atoms with Crippen molar-refractivity contribution in [3.63, 3.8) is 0 Å². The number of carbonyl (C=O) groups is 3. The van der Waals surface area contributed by atoms with Gasteiger partial charge in [-0.2, -0.15) is 5.26 Å². The van der Waals surface area contributed by atoms with E-state index in [1.165, 1.54) is 4.90 Å². The lowest BCUT2D eigenvalue weighted by atomic mass is 9.91. The zero-order valence-corrected chi connectivity index (χ0v) is 34.9. The number of aromatic nitrogens is 1. The average Bonchev–Trinajstić information content (AvgIpc) is 3.62. The maximum atomic E-state index is 14.2. The van der Waals surface area contributed by atoms with E-state index in [4.69, 9.17) is 48.4 Å².